The van der Waals surface area contributed by atoms with Crippen LogP contribution in [0.15, 0.2) is 0 Å². The number of carbonyl (C=O) groups is 1. The molecule has 1 N–H and O–H groups in total. The van der Waals surface area contributed by atoms with Gasteiger partial charge in [-0.15, -0.1) is 0 Å². The SMILES string of the molecule is CCCCC(=O)NCC(Br)C(CC)CC. The molecule has 0 saturated carbocycles. The van der Waals surface area contributed by atoms with Gasteiger partial charge in [0.15, 0.2) is 0 Å². The minimum atomic E-state index is 0.187. The van der Waals surface area contributed by atoms with Crippen molar-refractivity contribution in [3.05, 3.63) is 0 Å². The monoisotopic (exact) mass is 277 g/mol. The molecule has 0 fully saturated rings. The zero-order valence-corrected chi connectivity index (χ0v) is 11.8. The average Bonchev–Trinajstić information content (AvgIpc) is 2.25. The van der Waals surface area contributed by atoms with Crippen LogP contribution in [0.4, 0.5) is 0 Å². The quantitative estimate of drug-likeness (QED) is 0.676. The van der Waals surface area contributed by atoms with Crippen LogP contribution in [0.25, 0.3) is 0 Å². The lowest BCUT2D eigenvalue weighted by molar-refractivity contribution is -0.121. The van der Waals surface area contributed by atoms with Gasteiger partial charge in [0.05, 0.1) is 0 Å². The fourth-order valence-corrected chi connectivity index (χ4v) is 2.51. The number of halogens is 1. The van der Waals surface area contributed by atoms with E-state index in [0.29, 0.717) is 17.2 Å². The molecule has 0 aliphatic carbocycles. The van der Waals surface area contributed by atoms with Crippen molar-refractivity contribution in [2.24, 2.45) is 5.92 Å². The number of hydrogen-bond acceptors (Lipinski definition) is 1. The van der Waals surface area contributed by atoms with Crippen molar-refractivity contribution in [2.75, 3.05) is 6.54 Å². The molecule has 0 bridgehead atoms. The van der Waals surface area contributed by atoms with Gasteiger partial charge in [0.1, 0.15) is 0 Å². The highest BCUT2D eigenvalue weighted by molar-refractivity contribution is 9.09. The van der Waals surface area contributed by atoms with E-state index >= 15 is 0 Å². The summed E-state index contributed by atoms with van der Waals surface area (Å²) in [5.41, 5.74) is 0. The van der Waals surface area contributed by atoms with Crippen LogP contribution in [0.3, 0.4) is 0 Å². The number of rotatable bonds is 8. The first-order valence-electron chi connectivity index (χ1n) is 6.06. The minimum Gasteiger partial charge on any atom is -0.355 e. The molecule has 0 radical (unpaired) electrons. The summed E-state index contributed by atoms with van der Waals surface area (Å²) in [5, 5.41) is 2.98. The van der Waals surface area contributed by atoms with E-state index in [1.165, 1.54) is 0 Å². The molecule has 0 saturated heterocycles. The van der Waals surface area contributed by atoms with Crippen LogP contribution in [0, 0.1) is 5.92 Å². The maximum Gasteiger partial charge on any atom is 0.220 e. The van der Waals surface area contributed by atoms with Crippen molar-refractivity contribution in [3.63, 3.8) is 0 Å². The second-order valence-electron chi connectivity index (χ2n) is 4.00. The number of alkyl halides is 1. The third-order valence-corrected chi connectivity index (χ3v) is 3.88. The summed E-state index contributed by atoms with van der Waals surface area (Å²) < 4.78 is 0. The van der Waals surface area contributed by atoms with Gasteiger partial charge in [-0.2, -0.15) is 0 Å². The van der Waals surface area contributed by atoms with Crippen LogP contribution in [0.5, 0.6) is 0 Å². The Morgan fingerprint density at radius 3 is 2.33 bits per heavy atom. The molecule has 1 atom stereocenters. The number of unbranched alkanes of at least 4 members (excludes halogenated alkanes) is 1. The van der Waals surface area contributed by atoms with Gasteiger partial charge in [0.2, 0.25) is 5.91 Å². The molecular weight excluding hydrogens is 254 g/mol. The van der Waals surface area contributed by atoms with Gasteiger partial charge in [-0.05, 0) is 12.3 Å². The first kappa shape index (κ1) is 14.9. The maximum absolute atomic E-state index is 11.4. The molecule has 1 unspecified atom stereocenters. The van der Waals surface area contributed by atoms with Crippen LogP contribution in [-0.2, 0) is 4.79 Å². The topological polar surface area (TPSA) is 29.1 Å². The van der Waals surface area contributed by atoms with Gasteiger partial charge in [0, 0.05) is 17.8 Å². The molecule has 3 heteroatoms. The maximum atomic E-state index is 11.4. The molecule has 0 aromatic heterocycles. The molecule has 0 rings (SSSR count). The fourth-order valence-electron chi connectivity index (χ4n) is 1.60. The summed E-state index contributed by atoms with van der Waals surface area (Å²) in [7, 11) is 0. The van der Waals surface area contributed by atoms with Gasteiger partial charge in [0.25, 0.3) is 0 Å². The normalized spacial score (nSPS) is 12.9. The highest BCUT2D eigenvalue weighted by atomic mass is 79.9. The Morgan fingerprint density at radius 1 is 1.27 bits per heavy atom. The van der Waals surface area contributed by atoms with Crippen LogP contribution in [0.2, 0.25) is 0 Å². The summed E-state index contributed by atoms with van der Waals surface area (Å²) in [6, 6.07) is 0. The van der Waals surface area contributed by atoms with Crippen LogP contribution in [0.1, 0.15) is 52.9 Å². The third kappa shape index (κ3) is 6.93. The highest BCUT2D eigenvalue weighted by Crippen LogP contribution is 2.19. The zero-order valence-electron chi connectivity index (χ0n) is 10.2. The second-order valence-corrected chi connectivity index (χ2v) is 5.18. The standard InChI is InChI=1S/C12H24BrNO/c1-4-7-8-12(15)14-9-11(13)10(5-2)6-3/h10-11H,4-9H2,1-3H3,(H,14,15). The van der Waals surface area contributed by atoms with Gasteiger partial charge < -0.3 is 5.32 Å². The molecule has 1 amide bonds. The van der Waals surface area contributed by atoms with E-state index in [1.807, 2.05) is 0 Å². The van der Waals surface area contributed by atoms with Crippen LogP contribution < -0.4 is 5.32 Å². The van der Waals surface area contributed by atoms with E-state index in [9.17, 15) is 4.79 Å². The Bertz CT molecular complexity index is 169. The number of hydrogen-bond donors (Lipinski definition) is 1. The molecule has 15 heavy (non-hydrogen) atoms. The number of carbonyl (C=O) groups excluding carboxylic acids is 1. The van der Waals surface area contributed by atoms with E-state index in [1.54, 1.807) is 0 Å². The lowest BCUT2D eigenvalue weighted by atomic mass is 9.99. The summed E-state index contributed by atoms with van der Waals surface area (Å²) in [4.78, 5) is 11.8. The number of amides is 1. The smallest absolute Gasteiger partial charge is 0.220 e. The van der Waals surface area contributed by atoms with Crippen molar-refractivity contribution in [1.82, 2.24) is 5.32 Å². The molecular formula is C12H24BrNO. The first-order valence-corrected chi connectivity index (χ1v) is 6.97. The fraction of sp³-hybridized carbons (Fsp3) is 0.917. The Kier molecular flexibility index (Phi) is 9.17. The third-order valence-electron chi connectivity index (χ3n) is 2.81. The zero-order chi connectivity index (χ0) is 11.7. The number of nitrogens with one attached hydrogen (secondary N) is 1. The van der Waals surface area contributed by atoms with E-state index in [4.69, 9.17) is 0 Å². The van der Waals surface area contributed by atoms with E-state index < -0.39 is 0 Å². The summed E-state index contributed by atoms with van der Waals surface area (Å²) in [6.45, 7) is 7.25. The summed E-state index contributed by atoms with van der Waals surface area (Å²) in [6.07, 6.45) is 5.06. The molecule has 0 aromatic rings. The van der Waals surface area contributed by atoms with Gasteiger partial charge in [-0.25, -0.2) is 0 Å². The molecule has 0 aliphatic heterocycles. The largest absolute Gasteiger partial charge is 0.355 e. The van der Waals surface area contributed by atoms with Gasteiger partial charge in [-0.1, -0.05) is 56.0 Å². The van der Waals surface area contributed by atoms with Crippen molar-refractivity contribution in [3.8, 4) is 0 Å². The first-order chi connectivity index (χ1) is 7.15. The van der Waals surface area contributed by atoms with Crippen molar-refractivity contribution in [2.45, 2.75) is 57.7 Å². The van der Waals surface area contributed by atoms with Crippen LogP contribution in [-0.4, -0.2) is 17.3 Å². The van der Waals surface area contributed by atoms with Crippen molar-refractivity contribution < 1.29 is 4.79 Å². The molecule has 0 aliphatic rings. The summed E-state index contributed by atoms with van der Waals surface area (Å²) in [5.74, 6) is 0.851. The summed E-state index contributed by atoms with van der Waals surface area (Å²) >= 11 is 3.65. The second kappa shape index (κ2) is 9.20. The predicted octanol–water partition coefficient (Wildman–Crippen LogP) is 3.49. The van der Waals surface area contributed by atoms with Crippen molar-refractivity contribution in [1.29, 1.82) is 0 Å². The lowest BCUT2D eigenvalue weighted by Gasteiger charge is -2.19. The lowest BCUT2D eigenvalue weighted by Crippen LogP contribution is -2.32. The molecule has 0 aromatic carbocycles. The Balaban J connectivity index is 3.68. The van der Waals surface area contributed by atoms with Gasteiger partial charge in [-0.3, -0.25) is 4.79 Å². The predicted molar refractivity (Wildman–Crippen MR) is 69.3 cm³/mol. The van der Waals surface area contributed by atoms with Crippen LogP contribution >= 0.6 is 15.9 Å². The molecule has 0 spiro atoms. The van der Waals surface area contributed by atoms with E-state index in [-0.39, 0.29) is 5.91 Å². The highest BCUT2D eigenvalue weighted by Gasteiger charge is 2.15. The molecule has 2 nitrogen and oxygen atoms in total. The Hall–Kier alpha value is -0.0500. The Labute approximate surface area is 102 Å². The molecule has 90 valence electrons. The van der Waals surface area contributed by atoms with Gasteiger partial charge >= 0.3 is 0 Å². The van der Waals surface area contributed by atoms with Crippen molar-refractivity contribution >= 4 is 21.8 Å². The Morgan fingerprint density at radius 2 is 1.87 bits per heavy atom. The van der Waals surface area contributed by atoms with E-state index in [0.717, 1.165) is 32.2 Å². The average molecular weight is 278 g/mol. The van der Waals surface area contributed by atoms with E-state index in [2.05, 4.69) is 42.0 Å². The molecule has 0 heterocycles. The minimum absolute atomic E-state index is 0.187.